The maximum atomic E-state index is 4.88. The van der Waals surface area contributed by atoms with Gasteiger partial charge in [0, 0.05) is 0 Å². The zero-order valence-electron chi connectivity index (χ0n) is 6.39. The van der Waals surface area contributed by atoms with Gasteiger partial charge in [0.2, 0.25) is 0 Å². The minimum Gasteiger partial charge on any atom is -0.501 e. The first-order valence-corrected chi connectivity index (χ1v) is 2.80. The minimum absolute atomic E-state index is 0.856. The molecule has 0 amide bonds. The molecule has 2 nitrogen and oxygen atoms in total. The predicted octanol–water partition coefficient (Wildman–Crippen LogP) is 1.29. The van der Waals surface area contributed by atoms with Gasteiger partial charge in [0.25, 0.3) is 7.11 Å². The van der Waals surface area contributed by atoms with E-state index in [1.807, 2.05) is 19.9 Å². The lowest BCUT2D eigenvalue weighted by atomic mass is 10.4. The SMILES string of the molecule is COC(C)=CC(C)=[O+]C. The number of ether oxygens (including phenoxy) is 1. The zero-order chi connectivity index (χ0) is 7.28. The highest BCUT2D eigenvalue weighted by atomic mass is 16.5. The zero-order valence-corrected chi connectivity index (χ0v) is 6.39. The lowest BCUT2D eigenvalue weighted by molar-refractivity contribution is -0.419. The van der Waals surface area contributed by atoms with Crippen molar-refractivity contribution in [1.82, 2.24) is 0 Å². The van der Waals surface area contributed by atoms with Crippen LogP contribution in [0.15, 0.2) is 11.8 Å². The van der Waals surface area contributed by atoms with Gasteiger partial charge in [-0.05, 0) is 6.92 Å². The van der Waals surface area contributed by atoms with Crippen LogP contribution in [0.4, 0.5) is 0 Å². The van der Waals surface area contributed by atoms with E-state index >= 15 is 0 Å². The molecule has 0 aliphatic rings. The van der Waals surface area contributed by atoms with E-state index in [0.29, 0.717) is 0 Å². The number of hydrogen-bond acceptors (Lipinski definition) is 1. The smallest absolute Gasteiger partial charge is 0.319 e. The lowest BCUT2D eigenvalue weighted by Crippen LogP contribution is -1.90. The standard InChI is InChI=1S/C7H13O2/c1-6(8-3)5-7(2)9-4/h5H,1-4H3/q+1. The Morgan fingerprint density at radius 3 is 2.33 bits per heavy atom. The highest BCUT2D eigenvalue weighted by Gasteiger charge is 1.95. The van der Waals surface area contributed by atoms with Gasteiger partial charge in [0.15, 0.2) is 0 Å². The third-order valence-electron chi connectivity index (χ3n) is 1.05. The molecule has 0 atom stereocenters. The van der Waals surface area contributed by atoms with E-state index in [1.54, 1.807) is 14.2 Å². The normalized spacial score (nSPS) is 13.8. The molecule has 0 saturated heterocycles. The fourth-order valence-electron chi connectivity index (χ4n) is 0.404. The van der Waals surface area contributed by atoms with Gasteiger partial charge in [-0.15, -0.1) is 0 Å². The molecule has 0 rings (SSSR count). The Morgan fingerprint density at radius 1 is 1.44 bits per heavy atom. The summed E-state index contributed by atoms with van der Waals surface area (Å²) in [5.41, 5.74) is 0. The second-order valence-electron chi connectivity index (χ2n) is 1.77. The molecule has 0 N–H and O–H groups in total. The van der Waals surface area contributed by atoms with E-state index in [0.717, 1.165) is 11.5 Å². The molecule has 0 bridgehead atoms. The van der Waals surface area contributed by atoms with Crippen molar-refractivity contribution in [3.8, 4) is 0 Å². The van der Waals surface area contributed by atoms with Gasteiger partial charge in [-0.25, -0.2) is 0 Å². The van der Waals surface area contributed by atoms with E-state index in [1.165, 1.54) is 0 Å². The highest BCUT2D eigenvalue weighted by molar-refractivity contribution is 5.87. The molecular formula is C7H13O2+. The predicted molar refractivity (Wildman–Crippen MR) is 37.4 cm³/mol. The van der Waals surface area contributed by atoms with E-state index < -0.39 is 0 Å². The lowest BCUT2D eigenvalue weighted by Gasteiger charge is -1.92. The van der Waals surface area contributed by atoms with Gasteiger partial charge < -0.3 is 4.74 Å². The van der Waals surface area contributed by atoms with Crippen molar-refractivity contribution >= 4 is 5.78 Å². The molecule has 0 aliphatic heterocycles. The summed E-state index contributed by atoms with van der Waals surface area (Å²) < 4.78 is 9.77. The van der Waals surface area contributed by atoms with E-state index in [-0.39, 0.29) is 0 Å². The second kappa shape index (κ2) is 4.13. The van der Waals surface area contributed by atoms with Crippen LogP contribution in [-0.2, 0) is 9.16 Å². The van der Waals surface area contributed by atoms with Crippen molar-refractivity contribution in [3.05, 3.63) is 11.8 Å². The molecule has 0 heterocycles. The van der Waals surface area contributed by atoms with Crippen LogP contribution in [-0.4, -0.2) is 20.0 Å². The Balaban J connectivity index is 3.95. The molecule has 0 saturated carbocycles. The van der Waals surface area contributed by atoms with Crippen molar-refractivity contribution in [1.29, 1.82) is 0 Å². The summed E-state index contributed by atoms with van der Waals surface area (Å²) >= 11 is 0. The maximum absolute atomic E-state index is 4.88. The molecule has 0 aromatic heterocycles. The van der Waals surface area contributed by atoms with Crippen LogP contribution in [0.5, 0.6) is 0 Å². The molecule has 9 heavy (non-hydrogen) atoms. The molecule has 0 aromatic carbocycles. The van der Waals surface area contributed by atoms with Crippen LogP contribution in [0, 0.1) is 0 Å². The van der Waals surface area contributed by atoms with Crippen LogP contribution in [0.3, 0.4) is 0 Å². The summed E-state index contributed by atoms with van der Waals surface area (Å²) in [6.07, 6.45) is 1.83. The van der Waals surface area contributed by atoms with Crippen LogP contribution in [0.2, 0.25) is 0 Å². The van der Waals surface area contributed by atoms with E-state index in [2.05, 4.69) is 0 Å². The number of rotatable bonds is 2. The quantitative estimate of drug-likeness (QED) is 0.312. The van der Waals surface area contributed by atoms with Gasteiger partial charge in [0.05, 0.1) is 20.1 Å². The van der Waals surface area contributed by atoms with Crippen molar-refractivity contribution < 1.29 is 9.16 Å². The van der Waals surface area contributed by atoms with Crippen LogP contribution < -0.4 is 0 Å². The van der Waals surface area contributed by atoms with Gasteiger partial charge in [-0.3, -0.25) is 4.42 Å². The average molecular weight is 129 g/mol. The van der Waals surface area contributed by atoms with Crippen molar-refractivity contribution in [2.75, 3.05) is 14.2 Å². The molecule has 0 spiro atoms. The first-order chi connectivity index (χ1) is 4.20. The molecule has 2 heteroatoms. The summed E-state index contributed by atoms with van der Waals surface area (Å²) in [5, 5.41) is 0. The van der Waals surface area contributed by atoms with Gasteiger partial charge >= 0.3 is 5.78 Å². The molecule has 0 aromatic rings. The summed E-state index contributed by atoms with van der Waals surface area (Å²) in [6, 6.07) is 0. The Morgan fingerprint density at radius 2 is 2.00 bits per heavy atom. The summed E-state index contributed by atoms with van der Waals surface area (Å²) in [6.45, 7) is 3.76. The number of allylic oxidation sites excluding steroid dienone is 2. The monoisotopic (exact) mass is 129 g/mol. The topological polar surface area (TPSA) is 20.5 Å². The summed E-state index contributed by atoms with van der Waals surface area (Å²) in [4.78, 5) is 0. The molecule has 0 radical (unpaired) electrons. The molecular weight excluding hydrogens is 116 g/mol. The number of ketones is 1. The average Bonchev–Trinajstić information content (AvgIpc) is 1.87. The molecule has 0 aliphatic carbocycles. The van der Waals surface area contributed by atoms with Gasteiger partial charge in [0.1, 0.15) is 5.76 Å². The Kier molecular flexibility index (Phi) is 3.76. The Hall–Kier alpha value is -0.790. The number of hydrogen-bond donors (Lipinski definition) is 0. The van der Waals surface area contributed by atoms with Crippen LogP contribution in [0.25, 0.3) is 0 Å². The number of carbonyl (C=O) groups excluding carboxylic acids is 1. The summed E-state index contributed by atoms with van der Waals surface area (Å²) in [5.74, 6) is 1.71. The first-order valence-electron chi connectivity index (χ1n) is 2.80. The molecule has 0 fully saturated rings. The third kappa shape index (κ3) is 3.76. The van der Waals surface area contributed by atoms with Gasteiger partial charge in [-0.1, -0.05) is 0 Å². The number of methoxy groups -OCH3 is 1. The third-order valence-corrected chi connectivity index (χ3v) is 1.05. The van der Waals surface area contributed by atoms with E-state index in [9.17, 15) is 0 Å². The van der Waals surface area contributed by atoms with Crippen molar-refractivity contribution in [2.45, 2.75) is 13.8 Å². The van der Waals surface area contributed by atoms with E-state index in [4.69, 9.17) is 9.16 Å². The fourth-order valence-corrected chi connectivity index (χ4v) is 0.404. The van der Waals surface area contributed by atoms with Crippen LogP contribution in [0.1, 0.15) is 13.8 Å². The second-order valence-corrected chi connectivity index (χ2v) is 1.77. The maximum Gasteiger partial charge on any atom is 0.319 e. The molecule has 52 valence electrons. The Labute approximate surface area is 55.8 Å². The molecule has 0 unspecified atom stereocenters. The van der Waals surface area contributed by atoms with Gasteiger partial charge in [-0.2, -0.15) is 0 Å². The summed E-state index contributed by atoms with van der Waals surface area (Å²) in [7, 11) is 3.27. The fraction of sp³-hybridized carbons (Fsp3) is 0.571. The highest BCUT2D eigenvalue weighted by Crippen LogP contribution is 1.91. The minimum atomic E-state index is 0.856. The largest absolute Gasteiger partial charge is 0.501 e. The Bertz CT molecular complexity index is 134. The van der Waals surface area contributed by atoms with Crippen molar-refractivity contribution in [2.24, 2.45) is 0 Å². The van der Waals surface area contributed by atoms with Crippen LogP contribution >= 0.6 is 0 Å². The van der Waals surface area contributed by atoms with Crippen molar-refractivity contribution in [3.63, 3.8) is 0 Å². The first kappa shape index (κ1) is 8.21.